The van der Waals surface area contributed by atoms with Gasteiger partial charge in [-0.15, -0.1) is 0 Å². The molecule has 0 aromatic rings. The fraction of sp³-hybridized carbons (Fsp3) is 0.867. The number of ether oxygens (including phenoxy) is 2. The maximum Gasteiger partial charge on any atom is 0.412 e. The second-order valence-corrected chi connectivity index (χ2v) is 7.29. The van der Waals surface area contributed by atoms with Gasteiger partial charge in [-0.2, -0.15) is 0 Å². The first kappa shape index (κ1) is 17.8. The standard InChI is InChI=1S/C15H27NO5/c1-9(2)12-10(8-11(17)18)20-15(6,7)16(12)13(19)21-14(3,4)5/h9-10,12H,8H2,1-7H3,(H,17,18)/t10-,12+/m0/s1. The van der Waals surface area contributed by atoms with E-state index in [4.69, 9.17) is 14.6 Å². The number of aliphatic carboxylic acids is 1. The van der Waals surface area contributed by atoms with Crippen molar-refractivity contribution in [2.75, 3.05) is 0 Å². The molecule has 21 heavy (non-hydrogen) atoms. The molecule has 0 saturated carbocycles. The van der Waals surface area contributed by atoms with Crippen molar-refractivity contribution in [1.29, 1.82) is 0 Å². The zero-order valence-corrected chi connectivity index (χ0v) is 14.0. The molecule has 0 spiro atoms. The number of hydrogen-bond donors (Lipinski definition) is 1. The lowest BCUT2D eigenvalue weighted by Gasteiger charge is -2.36. The molecule has 0 unspecified atom stereocenters. The number of rotatable bonds is 3. The highest BCUT2D eigenvalue weighted by Crippen LogP contribution is 2.38. The van der Waals surface area contributed by atoms with E-state index in [1.165, 1.54) is 4.90 Å². The van der Waals surface area contributed by atoms with Gasteiger partial charge < -0.3 is 14.6 Å². The van der Waals surface area contributed by atoms with Crippen LogP contribution in [-0.2, 0) is 14.3 Å². The molecule has 0 bridgehead atoms. The first-order valence-electron chi connectivity index (χ1n) is 7.27. The van der Waals surface area contributed by atoms with Crippen molar-refractivity contribution < 1.29 is 24.2 Å². The maximum atomic E-state index is 12.5. The second kappa shape index (κ2) is 5.83. The van der Waals surface area contributed by atoms with Crippen LogP contribution >= 0.6 is 0 Å². The van der Waals surface area contributed by atoms with E-state index in [1.807, 2.05) is 13.8 Å². The van der Waals surface area contributed by atoms with Gasteiger partial charge in [0, 0.05) is 0 Å². The molecule has 1 heterocycles. The summed E-state index contributed by atoms with van der Waals surface area (Å²) in [6, 6.07) is -0.328. The highest BCUT2D eigenvalue weighted by Gasteiger charge is 2.52. The highest BCUT2D eigenvalue weighted by atomic mass is 16.6. The topological polar surface area (TPSA) is 76.1 Å². The number of carbonyl (C=O) groups is 2. The van der Waals surface area contributed by atoms with Gasteiger partial charge in [-0.1, -0.05) is 13.8 Å². The minimum atomic E-state index is -0.938. The van der Waals surface area contributed by atoms with Crippen molar-refractivity contribution in [3.8, 4) is 0 Å². The van der Waals surface area contributed by atoms with Gasteiger partial charge in [-0.05, 0) is 40.5 Å². The van der Waals surface area contributed by atoms with Crippen LogP contribution in [0, 0.1) is 5.92 Å². The Hall–Kier alpha value is -1.30. The molecule has 1 aliphatic rings. The van der Waals surface area contributed by atoms with Crippen LogP contribution in [0.15, 0.2) is 0 Å². The van der Waals surface area contributed by atoms with Crippen LogP contribution in [-0.4, -0.2) is 45.5 Å². The molecule has 1 fully saturated rings. The van der Waals surface area contributed by atoms with Crippen molar-refractivity contribution in [3.05, 3.63) is 0 Å². The predicted molar refractivity (Wildman–Crippen MR) is 77.9 cm³/mol. The van der Waals surface area contributed by atoms with E-state index in [9.17, 15) is 9.59 Å². The van der Waals surface area contributed by atoms with E-state index in [2.05, 4.69) is 0 Å². The minimum absolute atomic E-state index is 0.0589. The Morgan fingerprint density at radius 3 is 2.24 bits per heavy atom. The second-order valence-electron chi connectivity index (χ2n) is 7.29. The molecule has 0 aromatic carbocycles. The third kappa shape index (κ3) is 4.33. The maximum absolute atomic E-state index is 12.5. The summed E-state index contributed by atoms with van der Waals surface area (Å²) < 4.78 is 11.3. The Morgan fingerprint density at radius 1 is 1.33 bits per heavy atom. The summed E-state index contributed by atoms with van der Waals surface area (Å²) in [5, 5.41) is 9.04. The lowest BCUT2D eigenvalue weighted by Crippen LogP contribution is -2.52. The van der Waals surface area contributed by atoms with Gasteiger partial charge in [0.15, 0.2) is 0 Å². The molecule has 1 aliphatic heterocycles. The number of carboxylic acids is 1. The molecular weight excluding hydrogens is 274 g/mol. The number of nitrogens with zero attached hydrogens (tertiary/aromatic N) is 1. The van der Waals surface area contributed by atoms with Gasteiger partial charge in [0.1, 0.15) is 11.3 Å². The van der Waals surface area contributed by atoms with E-state index in [1.54, 1.807) is 34.6 Å². The smallest absolute Gasteiger partial charge is 0.412 e. The van der Waals surface area contributed by atoms with E-state index < -0.39 is 29.5 Å². The van der Waals surface area contributed by atoms with Gasteiger partial charge >= 0.3 is 12.1 Å². The third-order valence-corrected chi connectivity index (χ3v) is 3.35. The Bertz CT molecular complexity index is 411. The van der Waals surface area contributed by atoms with Gasteiger partial charge in [-0.25, -0.2) is 4.79 Å². The van der Waals surface area contributed by atoms with Crippen molar-refractivity contribution >= 4 is 12.1 Å². The quantitative estimate of drug-likeness (QED) is 0.867. The molecule has 0 aliphatic carbocycles. The van der Waals surface area contributed by atoms with Crippen LogP contribution in [0.5, 0.6) is 0 Å². The van der Waals surface area contributed by atoms with Crippen molar-refractivity contribution in [2.45, 2.75) is 78.4 Å². The zero-order chi connectivity index (χ0) is 16.6. The predicted octanol–water partition coefficient (Wildman–Crippen LogP) is 2.86. The molecule has 1 amide bonds. The van der Waals surface area contributed by atoms with E-state index >= 15 is 0 Å². The summed E-state index contributed by atoms with van der Waals surface area (Å²) in [6.07, 6.45) is -1.14. The fourth-order valence-electron chi connectivity index (χ4n) is 2.74. The first-order valence-corrected chi connectivity index (χ1v) is 7.27. The van der Waals surface area contributed by atoms with Gasteiger partial charge in [0.2, 0.25) is 0 Å². The molecule has 1 N–H and O–H groups in total. The molecule has 1 rings (SSSR count). The SMILES string of the molecule is CC(C)[C@@H]1[C@H](CC(=O)O)OC(C)(C)N1C(=O)OC(C)(C)C. The highest BCUT2D eigenvalue weighted by molar-refractivity contribution is 5.71. The van der Waals surface area contributed by atoms with Crippen molar-refractivity contribution in [3.63, 3.8) is 0 Å². The largest absolute Gasteiger partial charge is 0.481 e. The summed E-state index contributed by atoms with van der Waals surface area (Å²) in [5.74, 6) is -0.879. The molecule has 0 aromatic heterocycles. The summed E-state index contributed by atoms with van der Waals surface area (Å²) >= 11 is 0. The number of carboxylic acid groups (broad SMARTS) is 1. The van der Waals surface area contributed by atoms with Gasteiger partial charge in [-0.3, -0.25) is 9.69 Å². The van der Waals surface area contributed by atoms with Gasteiger partial charge in [0.05, 0.1) is 18.6 Å². The zero-order valence-electron chi connectivity index (χ0n) is 14.0. The van der Waals surface area contributed by atoms with Crippen LogP contribution in [0.1, 0.15) is 54.9 Å². The summed E-state index contributed by atoms with van der Waals surface area (Å²) in [6.45, 7) is 12.8. The van der Waals surface area contributed by atoms with Crippen LogP contribution in [0.3, 0.4) is 0 Å². The molecule has 1 saturated heterocycles. The number of carbonyl (C=O) groups excluding carboxylic acids is 1. The Balaban J connectivity index is 3.07. The summed E-state index contributed by atoms with van der Waals surface area (Å²) in [5.41, 5.74) is -1.50. The Labute approximate surface area is 126 Å². The normalized spacial score (nSPS) is 25.2. The third-order valence-electron chi connectivity index (χ3n) is 3.35. The molecule has 6 nitrogen and oxygen atoms in total. The molecular formula is C15H27NO5. The van der Waals surface area contributed by atoms with E-state index in [0.717, 1.165) is 0 Å². The summed E-state index contributed by atoms with van der Waals surface area (Å²) in [4.78, 5) is 25.1. The number of amides is 1. The lowest BCUT2D eigenvalue weighted by atomic mass is 9.95. The molecule has 0 radical (unpaired) electrons. The average molecular weight is 301 g/mol. The van der Waals surface area contributed by atoms with Crippen LogP contribution in [0.25, 0.3) is 0 Å². The Kier molecular flexibility index (Phi) is 4.93. The van der Waals surface area contributed by atoms with E-state index in [0.29, 0.717) is 0 Å². The molecule has 6 heteroatoms. The average Bonchev–Trinajstić information content (AvgIpc) is 2.45. The van der Waals surface area contributed by atoms with Crippen LogP contribution in [0.2, 0.25) is 0 Å². The van der Waals surface area contributed by atoms with Crippen LogP contribution in [0.4, 0.5) is 4.79 Å². The van der Waals surface area contributed by atoms with Crippen LogP contribution < -0.4 is 0 Å². The summed E-state index contributed by atoms with van der Waals surface area (Å²) in [7, 11) is 0. The van der Waals surface area contributed by atoms with Crippen molar-refractivity contribution in [2.24, 2.45) is 5.92 Å². The first-order chi connectivity index (χ1) is 9.35. The fourth-order valence-corrected chi connectivity index (χ4v) is 2.74. The molecule has 122 valence electrons. The monoisotopic (exact) mass is 301 g/mol. The number of hydrogen-bond acceptors (Lipinski definition) is 4. The Morgan fingerprint density at radius 2 is 1.86 bits per heavy atom. The van der Waals surface area contributed by atoms with Crippen molar-refractivity contribution in [1.82, 2.24) is 4.90 Å². The van der Waals surface area contributed by atoms with Gasteiger partial charge in [0.25, 0.3) is 0 Å². The lowest BCUT2D eigenvalue weighted by molar-refractivity contribution is -0.141. The molecule has 2 atom stereocenters. The van der Waals surface area contributed by atoms with E-state index in [-0.39, 0.29) is 18.4 Å². The minimum Gasteiger partial charge on any atom is -0.481 e.